The average Bonchev–Trinajstić information content (AvgIpc) is 2.47. The summed E-state index contributed by atoms with van der Waals surface area (Å²) in [6.45, 7) is 0. The molecule has 0 amide bonds. The minimum Gasteiger partial charge on any atom is -0.478 e. The first-order chi connectivity index (χ1) is 9.65. The number of aromatic nitrogens is 1. The lowest BCUT2D eigenvalue weighted by atomic mass is 10.0. The molecule has 4 nitrogen and oxygen atoms in total. The number of aromatic carboxylic acids is 1. The van der Waals surface area contributed by atoms with Gasteiger partial charge in [0.2, 0.25) is 0 Å². The minimum atomic E-state index is -0.954. The van der Waals surface area contributed by atoms with Crippen molar-refractivity contribution in [1.29, 1.82) is 0 Å². The molecule has 2 aromatic carbocycles. The smallest absolute Gasteiger partial charge is 0.335 e. The molecule has 0 atom stereocenters. The molecule has 0 fully saturated rings. The Labute approximate surface area is 115 Å². The fourth-order valence-electron chi connectivity index (χ4n) is 2.17. The Morgan fingerprint density at radius 1 is 1.05 bits per heavy atom. The Morgan fingerprint density at radius 2 is 1.80 bits per heavy atom. The highest BCUT2D eigenvalue weighted by Crippen LogP contribution is 2.28. The summed E-state index contributed by atoms with van der Waals surface area (Å²) in [5, 5.41) is 9.80. The number of carboxylic acid groups (broad SMARTS) is 1. The van der Waals surface area contributed by atoms with Gasteiger partial charge < -0.3 is 10.8 Å². The maximum absolute atomic E-state index is 11.0. The highest BCUT2D eigenvalue weighted by molar-refractivity contribution is 5.95. The zero-order valence-corrected chi connectivity index (χ0v) is 10.6. The molecule has 3 rings (SSSR count). The second-order valence-corrected chi connectivity index (χ2v) is 4.50. The number of nitrogens with zero attached hydrogens (tertiary/aromatic N) is 1. The van der Waals surface area contributed by atoms with Gasteiger partial charge in [-0.15, -0.1) is 0 Å². The zero-order valence-electron chi connectivity index (χ0n) is 10.6. The number of benzene rings is 2. The van der Waals surface area contributed by atoms with Crippen LogP contribution in [0.1, 0.15) is 10.4 Å². The predicted molar refractivity (Wildman–Crippen MR) is 78.6 cm³/mol. The van der Waals surface area contributed by atoms with Crippen molar-refractivity contribution in [3.05, 3.63) is 60.2 Å². The van der Waals surface area contributed by atoms with Crippen LogP contribution >= 0.6 is 0 Å². The molecule has 98 valence electrons. The number of anilines is 1. The SMILES string of the molecule is Nc1nc2ccc(C(=O)O)cc2cc1-c1ccccc1. The number of fused-ring (bicyclic) bond motifs is 1. The van der Waals surface area contributed by atoms with E-state index in [0.29, 0.717) is 11.3 Å². The summed E-state index contributed by atoms with van der Waals surface area (Å²) >= 11 is 0. The van der Waals surface area contributed by atoms with Crippen LogP contribution in [-0.2, 0) is 0 Å². The van der Waals surface area contributed by atoms with Crippen molar-refractivity contribution < 1.29 is 9.90 Å². The number of nitrogens with two attached hydrogens (primary N) is 1. The number of carbonyl (C=O) groups is 1. The van der Waals surface area contributed by atoms with Gasteiger partial charge in [0.25, 0.3) is 0 Å². The van der Waals surface area contributed by atoms with Crippen molar-refractivity contribution in [3.63, 3.8) is 0 Å². The quantitative estimate of drug-likeness (QED) is 0.745. The van der Waals surface area contributed by atoms with Gasteiger partial charge in [0.05, 0.1) is 11.1 Å². The maximum Gasteiger partial charge on any atom is 0.335 e. The average molecular weight is 264 g/mol. The van der Waals surface area contributed by atoms with Gasteiger partial charge in [0.1, 0.15) is 5.82 Å². The number of carboxylic acids is 1. The normalized spacial score (nSPS) is 10.6. The van der Waals surface area contributed by atoms with Gasteiger partial charge in [0.15, 0.2) is 0 Å². The summed E-state index contributed by atoms with van der Waals surface area (Å²) < 4.78 is 0. The summed E-state index contributed by atoms with van der Waals surface area (Å²) in [6.07, 6.45) is 0. The molecule has 0 aliphatic rings. The largest absolute Gasteiger partial charge is 0.478 e. The number of hydrogen-bond donors (Lipinski definition) is 2. The van der Waals surface area contributed by atoms with Gasteiger partial charge in [-0.2, -0.15) is 0 Å². The van der Waals surface area contributed by atoms with E-state index >= 15 is 0 Å². The Balaban J connectivity index is 2.23. The van der Waals surface area contributed by atoms with Gasteiger partial charge in [-0.1, -0.05) is 30.3 Å². The molecule has 1 aromatic heterocycles. The molecule has 0 aliphatic carbocycles. The molecule has 0 radical (unpaired) electrons. The van der Waals surface area contributed by atoms with E-state index in [0.717, 1.165) is 16.5 Å². The molecule has 4 heteroatoms. The molecule has 3 aromatic rings. The van der Waals surface area contributed by atoms with Crippen LogP contribution < -0.4 is 5.73 Å². The summed E-state index contributed by atoms with van der Waals surface area (Å²) in [5.41, 5.74) is 8.68. The third-order valence-electron chi connectivity index (χ3n) is 3.18. The van der Waals surface area contributed by atoms with Crippen LogP contribution in [0.4, 0.5) is 5.82 Å². The molecule has 0 spiro atoms. The molecule has 20 heavy (non-hydrogen) atoms. The first kappa shape index (κ1) is 12.2. The van der Waals surface area contributed by atoms with E-state index in [1.54, 1.807) is 12.1 Å². The molecular formula is C16H12N2O2. The van der Waals surface area contributed by atoms with E-state index in [1.807, 2.05) is 36.4 Å². The standard InChI is InChI=1S/C16H12N2O2/c17-15-13(10-4-2-1-3-5-10)9-12-8-11(16(19)20)6-7-14(12)18-15/h1-9H,(H2,17,18)(H,19,20). The van der Waals surface area contributed by atoms with E-state index in [9.17, 15) is 4.79 Å². The monoisotopic (exact) mass is 264 g/mol. The minimum absolute atomic E-state index is 0.239. The highest BCUT2D eigenvalue weighted by atomic mass is 16.4. The van der Waals surface area contributed by atoms with Crippen LogP contribution in [0.5, 0.6) is 0 Å². The second kappa shape index (κ2) is 4.66. The molecule has 0 unspecified atom stereocenters. The van der Waals surface area contributed by atoms with Crippen molar-refractivity contribution in [2.75, 3.05) is 5.73 Å². The summed E-state index contributed by atoms with van der Waals surface area (Å²) in [7, 11) is 0. The fourth-order valence-corrected chi connectivity index (χ4v) is 2.17. The van der Waals surface area contributed by atoms with Crippen molar-refractivity contribution in [1.82, 2.24) is 4.98 Å². The first-order valence-corrected chi connectivity index (χ1v) is 6.14. The topological polar surface area (TPSA) is 76.2 Å². The number of rotatable bonds is 2. The zero-order chi connectivity index (χ0) is 14.1. The lowest BCUT2D eigenvalue weighted by molar-refractivity contribution is 0.0697. The summed E-state index contributed by atoms with van der Waals surface area (Å²) in [5.74, 6) is -0.517. The molecular weight excluding hydrogens is 252 g/mol. The van der Waals surface area contributed by atoms with Gasteiger partial charge in [-0.3, -0.25) is 0 Å². The second-order valence-electron chi connectivity index (χ2n) is 4.50. The molecule has 0 aliphatic heterocycles. The first-order valence-electron chi connectivity index (χ1n) is 6.14. The summed E-state index contributed by atoms with van der Waals surface area (Å²) in [6, 6.07) is 16.3. The fraction of sp³-hybridized carbons (Fsp3) is 0. The van der Waals surface area contributed by atoms with Crippen LogP contribution in [-0.4, -0.2) is 16.1 Å². The molecule has 3 N–H and O–H groups in total. The van der Waals surface area contributed by atoms with E-state index in [4.69, 9.17) is 10.8 Å². The third kappa shape index (κ3) is 2.07. The number of hydrogen-bond acceptors (Lipinski definition) is 3. The highest BCUT2D eigenvalue weighted by Gasteiger charge is 2.09. The number of nitrogen functional groups attached to an aromatic ring is 1. The Bertz CT molecular complexity index is 798. The van der Waals surface area contributed by atoms with Crippen molar-refractivity contribution in [2.24, 2.45) is 0 Å². The van der Waals surface area contributed by atoms with Gasteiger partial charge >= 0.3 is 5.97 Å². The van der Waals surface area contributed by atoms with E-state index in [2.05, 4.69) is 4.98 Å². The van der Waals surface area contributed by atoms with Crippen LogP contribution in [0.25, 0.3) is 22.0 Å². The summed E-state index contributed by atoms with van der Waals surface area (Å²) in [4.78, 5) is 15.4. The van der Waals surface area contributed by atoms with Crippen LogP contribution in [0, 0.1) is 0 Å². The maximum atomic E-state index is 11.0. The number of pyridine rings is 1. The predicted octanol–water partition coefficient (Wildman–Crippen LogP) is 3.18. The van der Waals surface area contributed by atoms with E-state index in [1.165, 1.54) is 6.07 Å². The molecule has 0 saturated carbocycles. The van der Waals surface area contributed by atoms with Gasteiger partial charge in [0, 0.05) is 10.9 Å². The van der Waals surface area contributed by atoms with Gasteiger partial charge in [-0.05, 0) is 29.8 Å². The third-order valence-corrected chi connectivity index (χ3v) is 3.18. The Morgan fingerprint density at radius 3 is 2.50 bits per heavy atom. The molecule has 0 saturated heterocycles. The van der Waals surface area contributed by atoms with E-state index in [-0.39, 0.29) is 5.56 Å². The van der Waals surface area contributed by atoms with Crippen molar-refractivity contribution in [2.45, 2.75) is 0 Å². The van der Waals surface area contributed by atoms with Gasteiger partial charge in [-0.25, -0.2) is 9.78 Å². The van der Waals surface area contributed by atoms with Crippen molar-refractivity contribution >= 4 is 22.7 Å². The lowest BCUT2D eigenvalue weighted by Crippen LogP contribution is -1.98. The Kier molecular flexibility index (Phi) is 2.84. The van der Waals surface area contributed by atoms with E-state index < -0.39 is 5.97 Å². The van der Waals surface area contributed by atoms with Crippen LogP contribution in [0.2, 0.25) is 0 Å². The van der Waals surface area contributed by atoms with Crippen molar-refractivity contribution in [3.8, 4) is 11.1 Å². The lowest BCUT2D eigenvalue weighted by Gasteiger charge is -2.08. The molecule has 0 bridgehead atoms. The van der Waals surface area contributed by atoms with Crippen LogP contribution in [0.15, 0.2) is 54.6 Å². The molecule has 1 heterocycles. The van der Waals surface area contributed by atoms with Crippen LogP contribution in [0.3, 0.4) is 0 Å². The Hall–Kier alpha value is -2.88.